The fourth-order valence-corrected chi connectivity index (χ4v) is 8.56. The summed E-state index contributed by atoms with van der Waals surface area (Å²) in [6.07, 6.45) is 10.2. The molecule has 210 valence electrons. The van der Waals surface area contributed by atoms with Crippen LogP contribution < -0.4 is 5.32 Å². The summed E-state index contributed by atoms with van der Waals surface area (Å²) in [7, 11) is -5.32. The van der Waals surface area contributed by atoms with Crippen molar-refractivity contribution in [3.63, 3.8) is 0 Å². The Morgan fingerprint density at radius 1 is 1.21 bits per heavy atom. The molecule has 1 aromatic heterocycles. The number of aromatic nitrogens is 1. The van der Waals surface area contributed by atoms with Crippen molar-refractivity contribution in [3.05, 3.63) is 48.1 Å². The van der Waals surface area contributed by atoms with Gasteiger partial charge in [-0.3, -0.25) is 4.79 Å². The summed E-state index contributed by atoms with van der Waals surface area (Å²) in [6, 6.07) is 7.69. The topological polar surface area (TPSA) is 85.4 Å². The minimum atomic E-state index is -3.45. The number of benzene rings is 1. The van der Waals surface area contributed by atoms with Crippen molar-refractivity contribution in [2.75, 3.05) is 5.75 Å². The number of carbonyl (C=O) groups is 1. The average molecular weight is 577 g/mol. The van der Waals surface area contributed by atoms with Crippen LogP contribution in [0.3, 0.4) is 0 Å². The SMILES string of the molecule is C/C(=C\CC1CCC(NC(=O)/C=C/C(C)O[Si](C)(C)C(C)(C)C)CC1)CS(=O)(=O)c1nc2ccccc2s1. The van der Waals surface area contributed by atoms with Gasteiger partial charge in [0.1, 0.15) is 0 Å². The molecule has 2 aromatic rings. The number of allylic oxidation sites excluding steroid dienone is 1. The van der Waals surface area contributed by atoms with E-state index in [2.05, 4.69) is 50.2 Å². The van der Waals surface area contributed by atoms with Gasteiger partial charge in [-0.1, -0.05) is 50.6 Å². The molecule has 1 N–H and O–H groups in total. The highest BCUT2D eigenvalue weighted by Gasteiger charge is 2.38. The van der Waals surface area contributed by atoms with E-state index in [1.54, 1.807) is 6.08 Å². The van der Waals surface area contributed by atoms with Crippen molar-refractivity contribution in [1.29, 1.82) is 0 Å². The Kier molecular flexibility index (Phi) is 10.2. The Bertz CT molecular complexity index is 1230. The first-order chi connectivity index (χ1) is 17.7. The molecule has 1 amide bonds. The number of para-hydroxylation sites is 1. The quantitative estimate of drug-likeness (QED) is 0.186. The molecule has 38 heavy (non-hydrogen) atoms. The summed E-state index contributed by atoms with van der Waals surface area (Å²) in [5, 5.41) is 3.28. The van der Waals surface area contributed by atoms with E-state index in [1.165, 1.54) is 11.3 Å². The zero-order valence-electron chi connectivity index (χ0n) is 23.9. The normalized spacial score (nSPS) is 20.7. The van der Waals surface area contributed by atoms with Crippen molar-refractivity contribution in [2.24, 2.45) is 5.92 Å². The lowest BCUT2D eigenvalue weighted by Gasteiger charge is -2.37. The zero-order valence-corrected chi connectivity index (χ0v) is 26.5. The van der Waals surface area contributed by atoms with Crippen LogP contribution in [-0.2, 0) is 19.1 Å². The number of thiazole rings is 1. The number of hydrogen-bond acceptors (Lipinski definition) is 6. The lowest BCUT2D eigenvalue weighted by Crippen LogP contribution is -2.43. The molecule has 3 rings (SSSR count). The largest absolute Gasteiger partial charge is 0.411 e. The highest BCUT2D eigenvalue weighted by Crippen LogP contribution is 2.37. The molecule has 1 atom stereocenters. The maximum Gasteiger partial charge on any atom is 0.243 e. The van der Waals surface area contributed by atoms with Crippen LogP contribution in [0.2, 0.25) is 18.1 Å². The summed E-state index contributed by atoms with van der Waals surface area (Å²) in [5.41, 5.74) is 1.59. The predicted molar refractivity (Wildman–Crippen MR) is 161 cm³/mol. The van der Waals surface area contributed by atoms with Crippen LogP contribution >= 0.6 is 11.3 Å². The maximum absolute atomic E-state index is 12.9. The highest BCUT2D eigenvalue weighted by atomic mass is 32.2. The number of hydrogen-bond donors (Lipinski definition) is 1. The lowest BCUT2D eigenvalue weighted by molar-refractivity contribution is -0.117. The minimum absolute atomic E-state index is 0.00210. The van der Waals surface area contributed by atoms with Crippen molar-refractivity contribution in [1.82, 2.24) is 10.3 Å². The molecule has 0 aliphatic heterocycles. The van der Waals surface area contributed by atoms with Gasteiger partial charge in [0.2, 0.25) is 20.1 Å². The number of rotatable bonds is 10. The van der Waals surface area contributed by atoms with E-state index in [0.717, 1.165) is 47.9 Å². The average Bonchev–Trinajstić information content (AvgIpc) is 3.27. The van der Waals surface area contributed by atoms with Crippen LogP contribution in [0.4, 0.5) is 0 Å². The summed E-state index contributed by atoms with van der Waals surface area (Å²) < 4.78 is 33.1. The number of fused-ring (bicyclic) bond motifs is 1. The number of sulfone groups is 1. The predicted octanol–water partition coefficient (Wildman–Crippen LogP) is 7.05. The van der Waals surface area contributed by atoms with Gasteiger partial charge >= 0.3 is 0 Å². The van der Waals surface area contributed by atoms with Crippen LogP contribution in [0.5, 0.6) is 0 Å². The van der Waals surface area contributed by atoms with Crippen LogP contribution in [0.25, 0.3) is 10.2 Å². The summed E-state index contributed by atoms with van der Waals surface area (Å²) in [4.78, 5) is 16.8. The molecule has 1 heterocycles. The van der Waals surface area contributed by atoms with Crippen molar-refractivity contribution in [3.8, 4) is 0 Å². The Morgan fingerprint density at radius 2 is 1.87 bits per heavy atom. The number of amides is 1. The Morgan fingerprint density at radius 3 is 2.50 bits per heavy atom. The minimum Gasteiger partial charge on any atom is -0.411 e. The van der Waals surface area contributed by atoms with Gasteiger partial charge in [0, 0.05) is 12.1 Å². The van der Waals surface area contributed by atoms with E-state index in [-0.39, 0.29) is 33.2 Å². The summed E-state index contributed by atoms with van der Waals surface area (Å²) in [6.45, 7) is 14.9. The second-order valence-electron chi connectivity index (χ2n) is 12.2. The Hall–Kier alpha value is -1.81. The maximum atomic E-state index is 12.9. The third-order valence-corrected chi connectivity index (χ3v) is 15.6. The van der Waals surface area contributed by atoms with Gasteiger partial charge in [-0.15, -0.1) is 11.3 Å². The van der Waals surface area contributed by atoms with Crippen molar-refractivity contribution >= 4 is 45.6 Å². The molecular weight excluding hydrogens is 533 g/mol. The summed E-state index contributed by atoms with van der Waals surface area (Å²) in [5.74, 6) is 0.453. The molecule has 1 fully saturated rings. The molecule has 1 aliphatic carbocycles. The zero-order chi connectivity index (χ0) is 28.1. The molecular formula is C29H44N2O4S2Si. The molecule has 1 saturated carbocycles. The third-order valence-electron chi connectivity index (χ3n) is 7.76. The Labute approximate surface area is 234 Å². The van der Waals surface area contributed by atoms with Gasteiger partial charge in [0.05, 0.1) is 22.1 Å². The van der Waals surface area contributed by atoms with E-state index in [1.807, 2.05) is 44.2 Å². The van der Waals surface area contributed by atoms with Crippen LogP contribution in [-0.4, -0.2) is 45.5 Å². The molecule has 0 bridgehead atoms. The standard InChI is InChI=1S/C29H44N2O4S2Si/c1-21(20-37(33,34)28-31-25-10-8-9-11-26(25)36-28)12-14-23-15-17-24(18-16-23)30-27(32)19-13-22(2)35-38(6,7)29(3,4)5/h8-13,19,22-24H,14-18,20H2,1-7H3,(H,30,32)/b19-13+,21-12+. The fourth-order valence-electron chi connectivity index (χ4n) is 4.47. The molecule has 9 heteroatoms. The summed E-state index contributed by atoms with van der Waals surface area (Å²) >= 11 is 1.23. The van der Waals surface area contributed by atoms with E-state index in [4.69, 9.17) is 4.43 Å². The smallest absolute Gasteiger partial charge is 0.243 e. The number of nitrogens with zero attached hydrogens (tertiary/aromatic N) is 1. The molecule has 0 spiro atoms. The second-order valence-corrected chi connectivity index (χ2v) is 20.1. The van der Waals surface area contributed by atoms with Gasteiger partial charge in [0.25, 0.3) is 0 Å². The van der Waals surface area contributed by atoms with Gasteiger partial charge in [-0.25, -0.2) is 13.4 Å². The van der Waals surface area contributed by atoms with E-state index >= 15 is 0 Å². The number of nitrogens with one attached hydrogen (secondary N) is 1. The molecule has 0 radical (unpaired) electrons. The van der Waals surface area contributed by atoms with Gasteiger partial charge in [-0.05, 0) is 82.1 Å². The Balaban J connectivity index is 1.42. The molecule has 1 aliphatic rings. The first-order valence-electron chi connectivity index (χ1n) is 13.6. The molecule has 6 nitrogen and oxygen atoms in total. The van der Waals surface area contributed by atoms with Crippen LogP contribution in [0.1, 0.15) is 66.7 Å². The van der Waals surface area contributed by atoms with Crippen molar-refractivity contribution < 1.29 is 17.6 Å². The molecule has 0 saturated heterocycles. The second kappa shape index (κ2) is 12.6. The molecule has 1 unspecified atom stereocenters. The van der Waals surface area contributed by atoms with E-state index in [9.17, 15) is 13.2 Å². The highest BCUT2D eigenvalue weighted by molar-refractivity contribution is 7.93. The lowest BCUT2D eigenvalue weighted by atomic mass is 9.84. The van der Waals surface area contributed by atoms with Gasteiger partial charge < -0.3 is 9.74 Å². The monoisotopic (exact) mass is 576 g/mol. The number of carbonyl (C=O) groups excluding carboxylic acids is 1. The van der Waals surface area contributed by atoms with E-state index in [0.29, 0.717) is 5.92 Å². The van der Waals surface area contributed by atoms with E-state index < -0.39 is 18.2 Å². The first kappa shape index (κ1) is 30.7. The van der Waals surface area contributed by atoms with Crippen molar-refractivity contribution in [2.45, 2.75) is 101 Å². The van der Waals surface area contributed by atoms with Crippen LogP contribution in [0, 0.1) is 5.92 Å². The van der Waals surface area contributed by atoms with Crippen LogP contribution in [0.15, 0.2) is 52.4 Å². The van der Waals surface area contributed by atoms with Gasteiger partial charge in [0.15, 0.2) is 8.32 Å². The first-order valence-corrected chi connectivity index (χ1v) is 18.9. The molecule has 1 aromatic carbocycles. The fraction of sp³-hybridized carbons (Fsp3) is 0.586. The third kappa shape index (κ3) is 8.60. The van der Waals surface area contributed by atoms with Gasteiger partial charge in [-0.2, -0.15) is 0 Å².